The van der Waals surface area contributed by atoms with Crippen molar-refractivity contribution in [1.82, 2.24) is 4.72 Å². The van der Waals surface area contributed by atoms with E-state index in [1.807, 2.05) is 0 Å². The van der Waals surface area contributed by atoms with Crippen LogP contribution in [0.25, 0.3) is 0 Å². The van der Waals surface area contributed by atoms with Crippen molar-refractivity contribution in [1.29, 1.82) is 0 Å². The third-order valence-corrected chi connectivity index (χ3v) is 4.86. The maximum atomic E-state index is 11.8. The van der Waals surface area contributed by atoms with Gasteiger partial charge in [-0.2, -0.15) is 0 Å². The molecule has 0 saturated heterocycles. The minimum absolute atomic E-state index is 0.352. The summed E-state index contributed by atoms with van der Waals surface area (Å²) in [4.78, 5) is 11.1. The summed E-state index contributed by atoms with van der Waals surface area (Å²) in [7, 11) is -3.38. The van der Waals surface area contributed by atoms with E-state index < -0.39 is 27.1 Å². The molecular weight excluding hydrogens is 216 g/mol. The topological polar surface area (TPSA) is 89.3 Å². The Balaban J connectivity index is 2.85. The van der Waals surface area contributed by atoms with Crippen LogP contribution in [-0.4, -0.2) is 26.1 Å². The van der Waals surface area contributed by atoms with Gasteiger partial charge in [-0.1, -0.05) is 19.8 Å². The fourth-order valence-corrected chi connectivity index (χ4v) is 3.90. The molecule has 1 fully saturated rings. The summed E-state index contributed by atoms with van der Waals surface area (Å²) in [6.07, 6.45) is 2.85. The van der Waals surface area contributed by atoms with E-state index in [1.54, 1.807) is 6.92 Å². The number of carbonyl (C=O) groups is 1. The zero-order valence-electron chi connectivity index (χ0n) is 8.90. The van der Waals surface area contributed by atoms with Gasteiger partial charge in [-0.05, 0) is 12.8 Å². The molecule has 1 saturated carbocycles. The van der Waals surface area contributed by atoms with Crippen molar-refractivity contribution in [3.63, 3.8) is 0 Å². The second kappa shape index (κ2) is 4.94. The third kappa shape index (κ3) is 2.92. The first kappa shape index (κ1) is 12.4. The van der Waals surface area contributed by atoms with Gasteiger partial charge in [-0.25, -0.2) is 13.1 Å². The molecule has 1 rings (SSSR count). The second-order valence-electron chi connectivity index (χ2n) is 3.87. The van der Waals surface area contributed by atoms with Crippen molar-refractivity contribution < 1.29 is 13.2 Å². The number of carbonyl (C=O) groups excluding carboxylic acids is 1. The Morgan fingerprint density at radius 3 is 2.53 bits per heavy atom. The molecule has 0 bridgehead atoms. The molecule has 3 N–H and O–H groups in total. The molecule has 15 heavy (non-hydrogen) atoms. The third-order valence-electron chi connectivity index (χ3n) is 2.81. The molecule has 5 nitrogen and oxygen atoms in total. The molecule has 0 aromatic carbocycles. The molecule has 0 aromatic heterocycles. The number of nitrogens with two attached hydrogens (primary N) is 1. The minimum Gasteiger partial charge on any atom is -0.369 e. The van der Waals surface area contributed by atoms with Gasteiger partial charge >= 0.3 is 0 Å². The molecule has 0 aliphatic heterocycles. The Hall–Kier alpha value is -0.620. The Morgan fingerprint density at radius 1 is 1.40 bits per heavy atom. The first-order chi connectivity index (χ1) is 6.99. The van der Waals surface area contributed by atoms with Crippen LogP contribution >= 0.6 is 0 Å². The molecule has 1 amide bonds. The van der Waals surface area contributed by atoms with Crippen LogP contribution in [0, 0.1) is 5.92 Å². The predicted octanol–water partition coefficient (Wildman–Crippen LogP) is -0.0302. The molecule has 0 heterocycles. The van der Waals surface area contributed by atoms with Crippen molar-refractivity contribution in [2.24, 2.45) is 11.7 Å². The lowest BCUT2D eigenvalue weighted by molar-refractivity contribution is -0.122. The normalized spacial score (nSPS) is 27.5. The van der Waals surface area contributed by atoms with Gasteiger partial charge in [0.2, 0.25) is 15.9 Å². The van der Waals surface area contributed by atoms with E-state index in [4.69, 9.17) is 5.73 Å². The van der Waals surface area contributed by atoms with Crippen LogP contribution < -0.4 is 10.5 Å². The zero-order valence-corrected chi connectivity index (χ0v) is 9.72. The average molecular weight is 234 g/mol. The summed E-state index contributed by atoms with van der Waals surface area (Å²) >= 11 is 0. The molecule has 0 unspecified atom stereocenters. The van der Waals surface area contributed by atoms with Gasteiger partial charge in [-0.15, -0.1) is 0 Å². The monoisotopic (exact) mass is 234 g/mol. The number of amides is 1. The highest BCUT2D eigenvalue weighted by molar-refractivity contribution is 7.90. The highest BCUT2D eigenvalue weighted by Gasteiger charge is 2.38. The van der Waals surface area contributed by atoms with Gasteiger partial charge in [0.05, 0.1) is 11.2 Å². The maximum absolute atomic E-state index is 11.8. The van der Waals surface area contributed by atoms with E-state index in [2.05, 4.69) is 4.72 Å². The summed E-state index contributed by atoms with van der Waals surface area (Å²) in [5.41, 5.74) is 5.22. The van der Waals surface area contributed by atoms with Crippen LogP contribution in [0.2, 0.25) is 0 Å². The van der Waals surface area contributed by atoms with E-state index in [9.17, 15) is 13.2 Å². The largest absolute Gasteiger partial charge is 0.369 e. The molecule has 88 valence electrons. The molecule has 0 spiro atoms. The summed E-state index contributed by atoms with van der Waals surface area (Å²) in [5.74, 6) is -1.02. The molecule has 0 radical (unpaired) electrons. The quantitative estimate of drug-likeness (QED) is 0.715. The van der Waals surface area contributed by atoms with Crippen LogP contribution in [0.15, 0.2) is 0 Å². The highest BCUT2D eigenvalue weighted by Crippen LogP contribution is 2.28. The fourth-order valence-electron chi connectivity index (χ4n) is 2.10. The van der Waals surface area contributed by atoms with Gasteiger partial charge in [0.25, 0.3) is 0 Å². The van der Waals surface area contributed by atoms with Gasteiger partial charge in [0.1, 0.15) is 0 Å². The number of hydrogen-bond acceptors (Lipinski definition) is 3. The Labute approximate surface area is 90.5 Å². The van der Waals surface area contributed by atoms with Gasteiger partial charge in [0, 0.05) is 6.54 Å². The molecule has 6 heteroatoms. The molecule has 2 atom stereocenters. The van der Waals surface area contributed by atoms with Gasteiger partial charge in [0.15, 0.2) is 0 Å². The zero-order chi connectivity index (χ0) is 11.5. The van der Waals surface area contributed by atoms with Crippen molar-refractivity contribution in [2.45, 2.75) is 37.9 Å². The van der Waals surface area contributed by atoms with E-state index in [-0.39, 0.29) is 0 Å². The average Bonchev–Trinajstić information content (AvgIpc) is 2.17. The van der Waals surface area contributed by atoms with Crippen LogP contribution in [0.5, 0.6) is 0 Å². The minimum atomic E-state index is -3.38. The van der Waals surface area contributed by atoms with Crippen LogP contribution in [0.1, 0.15) is 32.6 Å². The highest BCUT2D eigenvalue weighted by atomic mass is 32.2. The predicted molar refractivity (Wildman–Crippen MR) is 57.5 cm³/mol. The van der Waals surface area contributed by atoms with E-state index in [0.29, 0.717) is 19.4 Å². The smallest absolute Gasteiger partial charge is 0.221 e. The van der Waals surface area contributed by atoms with Crippen molar-refractivity contribution in [2.75, 3.05) is 6.54 Å². The molecule has 1 aliphatic carbocycles. The SMILES string of the molecule is CCNS(=O)(=O)[C@H]1CCCC[C@H]1C(N)=O. The first-order valence-electron chi connectivity index (χ1n) is 5.27. The molecule has 0 aromatic rings. The molecule has 1 aliphatic rings. The van der Waals surface area contributed by atoms with Crippen molar-refractivity contribution in [3.05, 3.63) is 0 Å². The lowest BCUT2D eigenvalue weighted by Gasteiger charge is -2.28. The van der Waals surface area contributed by atoms with E-state index >= 15 is 0 Å². The van der Waals surface area contributed by atoms with Gasteiger partial charge in [-0.3, -0.25) is 4.79 Å². The Morgan fingerprint density at radius 2 is 2.00 bits per heavy atom. The maximum Gasteiger partial charge on any atom is 0.221 e. The summed E-state index contributed by atoms with van der Waals surface area (Å²) in [6, 6.07) is 0. The van der Waals surface area contributed by atoms with Crippen molar-refractivity contribution in [3.8, 4) is 0 Å². The summed E-state index contributed by atoms with van der Waals surface area (Å²) in [6.45, 7) is 2.07. The first-order valence-corrected chi connectivity index (χ1v) is 6.81. The number of nitrogens with one attached hydrogen (secondary N) is 1. The standard InChI is InChI=1S/C9H18N2O3S/c1-2-11-15(13,14)8-6-4-3-5-7(8)9(10)12/h7-8,11H,2-6H2,1H3,(H2,10,12)/t7-,8+/m1/s1. The second-order valence-corrected chi connectivity index (χ2v) is 5.86. The number of rotatable bonds is 4. The fraction of sp³-hybridized carbons (Fsp3) is 0.889. The molecular formula is C9H18N2O3S. The van der Waals surface area contributed by atoms with Crippen LogP contribution in [0.3, 0.4) is 0 Å². The van der Waals surface area contributed by atoms with E-state index in [1.165, 1.54) is 0 Å². The lowest BCUT2D eigenvalue weighted by atomic mass is 9.88. The van der Waals surface area contributed by atoms with Crippen molar-refractivity contribution >= 4 is 15.9 Å². The Kier molecular flexibility index (Phi) is 4.10. The number of primary amides is 1. The Bertz CT molecular complexity index is 326. The lowest BCUT2D eigenvalue weighted by Crippen LogP contribution is -2.45. The van der Waals surface area contributed by atoms with Crippen LogP contribution in [-0.2, 0) is 14.8 Å². The van der Waals surface area contributed by atoms with Crippen LogP contribution in [0.4, 0.5) is 0 Å². The van der Waals surface area contributed by atoms with Gasteiger partial charge < -0.3 is 5.73 Å². The van der Waals surface area contributed by atoms with E-state index in [0.717, 1.165) is 12.8 Å². The number of hydrogen-bond donors (Lipinski definition) is 2. The summed E-state index contributed by atoms with van der Waals surface area (Å²) < 4.78 is 26.0. The number of sulfonamides is 1. The summed E-state index contributed by atoms with van der Waals surface area (Å²) in [5, 5.41) is -0.635.